The lowest BCUT2D eigenvalue weighted by Gasteiger charge is -2.39. The quantitative estimate of drug-likeness (QED) is 0.624. The Bertz CT molecular complexity index is 346. The molecule has 5 nitrogen and oxygen atoms in total. The van der Waals surface area contributed by atoms with Gasteiger partial charge in [-0.25, -0.2) is 0 Å². The van der Waals surface area contributed by atoms with Crippen molar-refractivity contribution in [1.82, 2.24) is 0 Å². The van der Waals surface area contributed by atoms with Crippen LogP contribution in [0.1, 0.15) is 45.4 Å². The average Bonchev–Trinajstić information content (AvgIpc) is 2.77. The molecule has 1 aliphatic carbocycles. The van der Waals surface area contributed by atoms with E-state index in [9.17, 15) is 14.7 Å². The van der Waals surface area contributed by atoms with E-state index in [4.69, 9.17) is 9.47 Å². The molecule has 2 aliphatic rings. The van der Waals surface area contributed by atoms with Crippen LogP contribution in [0.4, 0.5) is 0 Å². The van der Waals surface area contributed by atoms with Crippen molar-refractivity contribution in [1.29, 1.82) is 0 Å². The summed E-state index contributed by atoms with van der Waals surface area (Å²) in [5.74, 6) is -2.88. The Balaban J connectivity index is 2.08. The van der Waals surface area contributed by atoms with Gasteiger partial charge in [0, 0.05) is 6.61 Å². The van der Waals surface area contributed by atoms with Crippen molar-refractivity contribution >= 4 is 11.9 Å². The highest BCUT2D eigenvalue weighted by Gasteiger charge is 2.46. The van der Waals surface area contributed by atoms with Crippen LogP contribution < -0.4 is 0 Å². The molecule has 0 aromatic rings. The standard InChI is InChI=1S/C14H22O5/c1-2-18-13(17)11(12(15)16)10-5-8-19-14(9-10)6-3-4-7-14/h10-11H,2-9H2,1H3,(H,15,16). The molecule has 0 aromatic heterocycles. The van der Waals surface area contributed by atoms with Crippen LogP contribution in [0.15, 0.2) is 0 Å². The molecule has 0 radical (unpaired) electrons. The molecule has 2 fully saturated rings. The van der Waals surface area contributed by atoms with Gasteiger partial charge in [-0.3, -0.25) is 9.59 Å². The number of carbonyl (C=O) groups excluding carboxylic acids is 1. The predicted molar refractivity (Wildman–Crippen MR) is 67.6 cm³/mol. The Morgan fingerprint density at radius 3 is 2.68 bits per heavy atom. The van der Waals surface area contributed by atoms with Gasteiger partial charge < -0.3 is 14.6 Å². The van der Waals surface area contributed by atoms with Crippen molar-refractivity contribution < 1.29 is 24.2 Å². The summed E-state index contributed by atoms with van der Waals surface area (Å²) < 4.78 is 10.8. The number of carboxylic acid groups (broad SMARTS) is 1. The van der Waals surface area contributed by atoms with Crippen LogP contribution in [0, 0.1) is 11.8 Å². The Kier molecular flexibility index (Phi) is 4.45. The number of rotatable bonds is 4. The SMILES string of the molecule is CCOC(=O)C(C(=O)O)C1CCOC2(CCCC2)C1. The minimum atomic E-state index is -1.07. The first-order valence-corrected chi connectivity index (χ1v) is 7.11. The number of ether oxygens (including phenoxy) is 2. The Morgan fingerprint density at radius 2 is 2.11 bits per heavy atom. The lowest BCUT2D eigenvalue weighted by atomic mass is 9.77. The Labute approximate surface area is 113 Å². The molecule has 1 saturated heterocycles. The number of carbonyl (C=O) groups is 2. The van der Waals surface area contributed by atoms with Crippen LogP contribution in [-0.4, -0.2) is 35.9 Å². The molecule has 1 spiro atoms. The van der Waals surface area contributed by atoms with E-state index in [0.717, 1.165) is 25.7 Å². The summed E-state index contributed by atoms with van der Waals surface area (Å²) in [6, 6.07) is 0. The van der Waals surface area contributed by atoms with Gasteiger partial charge in [0.25, 0.3) is 0 Å². The summed E-state index contributed by atoms with van der Waals surface area (Å²) >= 11 is 0. The lowest BCUT2D eigenvalue weighted by Crippen LogP contribution is -2.43. The largest absolute Gasteiger partial charge is 0.481 e. The summed E-state index contributed by atoms with van der Waals surface area (Å²) in [4.78, 5) is 23.2. The Morgan fingerprint density at radius 1 is 1.42 bits per heavy atom. The second kappa shape index (κ2) is 5.90. The van der Waals surface area contributed by atoms with Gasteiger partial charge in [0.2, 0.25) is 0 Å². The first-order valence-electron chi connectivity index (χ1n) is 7.11. The highest BCUT2D eigenvalue weighted by Crippen LogP contribution is 2.44. The van der Waals surface area contributed by atoms with E-state index in [0.29, 0.717) is 19.4 Å². The van der Waals surface area contributed by atoms with Gasteiger partial charge in [-0.15, -0.1) is 0 Å². The van der Waals surface area contributed by atoms with Crippen LogP contribution >= 0.6 is 0 Å². The average molecular weight is 270 g/mol. The number of aliphatic carboxylic acids is 1. The molecule has 5 heteroatoms. The summed E-state index contributed by atoms with van der Waals surface area (Å²) in [6.45, 7) is 2.46. The van der Waals surface area contributed by atoms with Crippen molar-refractivity contribution in [3.63, 3.8) is 0 Å². The van der Waals surface area contributed by atoms with E-state index in [2.05, 4.69) is 0 Å². The minimum absolute atomic E-state index is 0.164. The molecular formula is C14H22O5. The molecular weight excluding hydrogens is 248 g/mol. The first kappa shape index (κ1) is 14.3. The van der Waals surface area contributed by atoms with E-state index < -0.39 is 17.9 Å². The topological polar surface area (TPSA) is 72.8 Å². The zero-order valence-electron chi connectivity index (χ0n) is 11.4. The summed E-state index contributed by atoms with van der Waals surface area (Å²) in [5.41, 5.74) is -0.177. The third kappa shape index (κ3) is 3.08. The van der Waals surface area contributed by atoms with Crippen molar-refractivity contribution in [2.24, 2.45) is 11.8 Å². The maximum atomic E-state index is 11.8. The molecule has 2 atom stereocenters. The molecule has 108 valence electrons. The van der Waals surface area contributed by atoms with Crippen molar-refractivity contribution in [2.45, 2.75) is 51.0 Å². The van der Waals surface area contributed by atoms with Gasteiger partial charge in [0.15, 0.2) is 5.92 Å². The van der Waals surface area contributed by atoms with Gasteiger partial charge >= 0.3 is 11.9 Å². The zero-order chi connectivity index (χ0) is 13.9. The van der Waals surface area contributed by atoms with Gasteiger partial charge in [0.1, 0.15) is 0 Å². The van der Waals surface area contributed by atoms with Gasteiger partial charge in [-0.1, -0.05) is 12.8 Å². The summed E-state index contributed by atoms with van der Waals surface area (Å²) in [6.07, 6.45) is 5.52. The highest BCUT2D eigenvalue weighted by atomic mass is 16.5. The van der Waals surface area contributed by atoms with E-state index >= 15 is 0 Å². The molecule has 1 saturated carbocycles. The molecule has 2 rings (SSSR count). The number of esters is 1. The summed E-state index contributed by atoms with van der Waals surface area (Å²) in [5, 5.41) is 9.31. The zero-order valence-corrected chi connectivity index (χ0v) is 11.4. The second-order valence-corrected chi connectivity index (χ2v) is 5.56. The van der Waals surface area contributed by atoms with Crippen molar-refractivity contribution in [3.05, 3.63) is 0 Å². The van der Waals surface area contributed by atoms with Crippen LogP contribution in [0.5, 0.6) is 0 Å². The minimum Gasteiger partial charge on any atom is -0.481 e. The van der Waals surface area contributed by atoms with Crippen LogP contribution in [-0.2, 0) is 19.1 Å². The van der Waals surface area contributed by atoms with E-state index in [1.807, 2.05) is 0 Å². The molecule has 0 amide bonds. The molecule has 1 aliphatic heterocycles. The maximum absolute atomic E-state index is 11.8. The van der Waals surface area contributed by atoms with Crippen LogP contribution in [0.2, 0.25) is 0 Å². The molecule has 19 heavy (non-hydrogen) atoms. The number of hydrogen-bond donors (Lipinski definition) is 1. The normalized spacial score (nSPS) is 27.1. The van der Waals surface area contributed by atoms with Gasteiger partial charge in [-0.2, -0.15) is 0 Å². The third-order valence-electron chi connectivity index (χ3n) is 4.32. The predicted octanol–water partition coefficient (Wildman–Crippen LogP) is 1.99. The van der Waals surface area contributed by atoms with E-state index in [1.54, 1.807) is 6.92 Å². The lowest BCUT2D eigenvalue weighted by molar-refractivity contribution is -0.167. The number of hydrogen-bond acceptors (Lipinski definition) is 4. The maximum Gasteiger partial charge on any atom is 0.320 e. The van der Waals surface area contributed by atoms with Gasteiger partial charge in [-0.05, 0) is 38.5 Å². The smallest absolute Gasteiger partial charge is 0.320 e. The fraction of sp³-hybridized carbons (Fsp3) is 0.857. The molecule has 0 aromatic carbocycles. The highest BCUT2D eigenvalue weighted by molar-refractivity contribution is 5.94. The molecule has 1 heterocycles. The third-order valence-corrected chi connectivity index (χ3v) is 4.32. The fourth-order valence-electron chi connectivity index (χ4n) is 3.44. The molecule has 0 bridgehead atoms. The van der Waals surface area contributed by atoms with Gasteiger partial charge in [0.05, 0.1) is 12.2 Å². The fourth-order valence-corrected chi connectivity index (χ4v) is 3.44. The van der Waals surface area contributed by atoms with E-state index in [-0.39, 0.29) is 18.1 Å². The van der Waals surface area contributed by atoms with Crippen LogP contribution in [0.3, 0.4) is 0 Å². The van der Waals surface area contributed by atoms with Crippen molar-refractivity contribution in [3.8, 4) is 0 Å². The van der Waals surface area contributed by atoms with Crippen molar-refractivity contribution in [2.75, 3.05) is 13.2 Å². The number of carboxylic acids is 1. The second-order valence-electron chi connectivity index (χ2n) is 5.56. The first-order chi connectivity index (χ1) is 9.08. The monoisotopic (exact) mass is 270 g/mol. The Hall–Kier alpha value is -1.10. The van der Waals surface area contributed by atoms with E-state index in [1.165, 1.54) is 0 Å². The molecule has 2 unspecified atom stereocenters. The molecule has 1 N–H and O–H groups in total. The van der Waals surface area contributed by atoms with Crippen LogP contribution in [0.25, 0.3) is 0 Å². The summed E-state index contributed by atoms with van der Waals surface area (Å²) in [7, 11) is 0.